The number of benzene rings is 1. The highest BCUT2D eigenvalue weighted by atomic mass is 79.9. The van der Waals surface area contributed by atoms with Crippen LogP contribution in [0, 0.1) is 5.41 Å². The van der Waals surface area contributed by atoms with E-state index in [0.717, 1.165) is 11.0 Å². The number of rotatable bonds is 3. The van der Waals surface area contributed by atoms with Crippen LogP contribution in [0.5, 0.6) is 0 Å². The lowest BCUT2D eigenvalue weighted by molar-refractivity contribution is -0.00139. The summed E-state index contributed by atoms with van der Waals surface area (Å²) >= 11 is 5.52. The molecule has 1 aromatic rings. The van der Waals surface area contributed by atoms with Crippen LogP contribution in [0.15, 0.2) is 33.6 Å². The molecule has 2 fully saturated rings. The second-order valence-corrected chi connectivity index (χ2v) is 8.11. The highest BCUT2D eigenvalue weighted by molar-refractivity contribution is 9.10. The van der Waals surface area contributed by atoms with Crippen molar-refractivity contribution in [1.29, 1.82) is 0 Å². The lowest BCUT2D eigenvalue weighted by Crippen LogP contribution is -2.56. The van der Waals surface area contributed by atoms with Gasteiger partial charge in [0.2, 0.25) is 0 Å². The third kappa shape index (κ3) is 2.18. The van der Waals surface area contributed by atoms with Gasteiger partial charge in [-0.05, 0) is 49.3 Å². The first-order chi connectivity index (χ1) is 8.15. The summed E-state index contributed by atoms with van der Waals surface area (Å²) in [6.45, 7) is 0.811. The Labute approximate surface area is 116 Å². The zero-order valence-corrected chi connectivity index (χ0v) is 12.3. The molecule has 1 spiro atoms. The Balaban J connectivity index is 1.71. The summed E-state index contributed by atoms with van der Waals surface area (Å²) in [5, 5.41) is 0. The molecule has 2 saturated carbocycles. The summed E-state index contributed by atoms with van der Waals surface area (Å²) in [6, 6.07) is 8.58. The molecule has 0 aromatic heterocycles. The normalized spacial score (nSPS) is 24.1. The first-order valence-corrected chi connectivity index (χ1v) is 7.91. The topological polar surface area (TPSA) is 26.0 Å². The summed E-state index contributed by atoms with van der Waals surface area (Å²) in [5.74, 6) is 0. The van der Waals surface area contributed by atoms with Crippen LogP contribution >= 0.6 is 27.7 Å². The Bertz CT molecular complexity index is 420. The van der Waals surface area contributed by atoms with Crippen molar-refractivity contribution >= 4 is 27.7 Å². The lowest BCUT2D eigenvalue weighted by atomic mass is 9.51. The van der Waals surface area contributed by atoms with E-state index in [2.05, 4.69) is 40.2 Å². The maximum atomic E-state index is 6.02. The van der Waals surface area contributed by atoms with Gasteiger partial charge in [0, 0.05) is 20.7 Å². The van der Waals surface area contributed by atoms with Crippen LogP contribution in [-0.2, 0) is 0 Å². The van der Waals surface area contributed by atoms with Crippen LogP contribution in [0.4, 0.5) is 0 Å². The van der Waals surface area contributed by atoms with E-state index < -0.39 is 0 Å². The quantitative estimate of drug-likeness (QED) is 0.905. The number of thioether (sulfide) groups is 1. The molecule has 1 aromatic carbocycles. The Morgan fingerprint density at radius 1 is 1.29 bits per heavy atom. The molecule has 3 rings (SSSR count). The van der Waals surface area contributed by atoms with E-state index >= 15 is 0 Å². The molecule has 2 aliphatic carbocycles. The van der Waals surface area contributed by atoms with Crippen molar-refractivity contribution in [2.24, 2.45) is 11.1 Å². The summed E-state index contributed by atoms with van der Waals surface area (Å²) in [7, 11) is 0. The maximum absolute atomic E-state index is 6.02. The van der Waals surface area contributed by atoms with Gasteiger partial charge < -0.3 is 5.73 Å². The van der Waals surface area contributed by atoms with Crippen LogP contribution in [-0.4, -0.2) is 11.3 Å². The van der Waals surface area contributed by atoms with Crippen LogP contribution in [0.2, 0.25) is 0 Å². The van der Waals surface area contributed by atoms with Gasteiger partial charge >= 0.3 is 0 Å². The second-order valence-electron chi connectivity index (χ2n) is 5.65. The molecule has 2 aliphatic rings. The van der Waals surface area contributed by atoms with Crippen LogP contribution in [0.25, 0.3) is 0 Å². The van der Waals surface area contributed by atoms with Gasteiger partial charge in [-0.2, -0.15) is 0 Å². The molecule has 0 atom stereocenters. The zero-order chi connectivity index (χ0) is 11.9. The predicted molar refractivity (Wildman–Crippen MR) is 77.3 cm³/mol. The number of hydrogen-bond acceptors (Lipinski definition) is 2. The van der Waals surface area contributed by atoms with Gasteiger partial charge in [0.1, 0.15) is 0 Å². The fourth-order valence-corrected chi connectivity index (χ4v) is 5.61. The Morgan fingerprint density at radius 2 is 2.06 bits per heavy atom. The van der Waals surface area contributed by atoms with E-state index in [1.54, 1.807) is 0 Å². The highest BCUT2D eigenvalue weighted by Gasteiger charge is 2.56. The molecule has 0 saturated heterocycles. The van der Waals surface area contributed by atoms with E-state index in [9.17, 15) is 0 Å². The molecule has 92 valence electrons. The molecule has 3 heteroatoms. The van der Waals surface area contributed by atoms with Gasteiger partial charge in [-0.25, -0.2) is 0 Å². The second kappa shape index (κ2) is 4.29. The van der Waals surface area contributed by atoms with E-state index in [1.165, 1.54) is 37.0 Å². The van der Waals surface area contributed by atoms with Gasteiger partial charge in [-0.15, -0.1) is 11.8 Å². The maximum Gasteiger partial charge on any atom is 0.0339 e. The summed E-state index contributed by atoms with van der Waals surface area (Å²) in [6.07, 6.45) is 6.96. The monoisotopic (exact) mass is 311 g/mol. The average Bonchev–Trinajstić information content (AvgIpc) is 2.20. The summed E-state index contributed by atoms with van der Waals surface area (Å²) < 4.78 is 1.48. The fourth-order valence-electron chi connectivity index (χ4n) is 3.38. The number of hydrogen-bond donors (Lipinski definition) is 1. The molecule has 0 unspecified atom stereocenters. The first kappa shape index (κ1) is 12.1. The largest absolute Gasteiger partial charge is 0.329 e. The molecular weight excluding hydrogens is 294 g/mol. The third-order valence-corrected chi connectivity index (χ3v) is 6.18. The smallest absolute Gasteiger partial charge is 0.0339 e. The van der Waals surface area contributed by atoms with Gasteiger partial charge in [0.05, 0.1) is 0 Å². The van der Waals surface area contributed by atoms with E-state index in [1.807, 2.05) is 11.8 Å². The Morgan fingerprint density at radius 3 is 2.59 bits per heavy atom. The fraction of sp³-hybridized carbons (Fsp3) is 0.571. The molecule has 0 amide bonds. The Kier molecular flexibility index (Phi) is 3.04. The predicted octanol–water partition coefficient (Wildman–Crippen LogP) is 4.20. The van der Waals surface area contributed by atoms with Gasteiger partial charge in [-0.1, -0.05) is 28.4 Å². The van der Waals surface area contributed by atoms with Crippen molar-refractivity contribution in [2.45, 2.75) is 41.7 Å². The highest BCUT2D eigenvalue weighted by Crippen LogP contribution is 2.65. The van der Waals surface area contributed by atoms with Crippen molar-refractivity contribution in [3.05, 3.63) is 28.7 Å². The lowest BCUT2D eigenvalue weighted by Gasteiger charge is -2.60. The standard InChI is InChI=1S/C14H18BrNS/c15-11-3-1-4-12(7-11)17-14(10-16)8-13(9-14)5-2-6-13/h1,3-4,7H,2,5-6,8-10,16H2. The minimum Gasteiger partial charge on any atom is -0.329 e. The van der Waals surface area contributed by atoms with E-state index in [4.69, 9.17) is 5.73 Å². The summed E-state index contributed by atoms with van der Waals surface area (Å²) in [4.78, 5) is 1.35. The van der Waals surface area contributed by atoms with Crippen LogP contribution < -0.4 is 5.73 Å². The van der Waals surface area contributed by atoms with Gasteiger partial charge in [-0.3, -0.25) is 0 Å². The molecule has 0 aliphatic heterocycles. The van der Waals surface area contributed by atoms with E-state index in [0.29, 0.717) is 10.2 Å². The third-order valence-electron chi connectivity index (χ3n) is 4.31. The molecule has 0 heterocycles. The average molecular weight is 312 g/mol. The molecule has 17 heavy (non-hydrogen) atoms. The zero-order valence-electron chi connectivity index (χ0n) is 9.92. The Hall–Kier alpha value is 0.01000. The van der Waals surface area contributed by atoms with Crippen LogP contribution in [0.3, 0.4) is 0 Å². The number of halogens is 1. The number of nitrogens with two attached hydrogens (primary N) is 1. The van der Waals surface area contributed by atoms with Crippen molar-refractivity contribution in [3.63, 3.8) is 0 Å². The SMILES string of the molecule is NCC1(Sc2cccc(Br)c2)CC2(CCC2)C1. The molecule has 0 radical (unpaired) electrons. The van der Waals surface area contributed by atoms with Crippen molar-refractivity contribution in [2.75, 3.05) is 6.54 Å². The van der Waals surface area contributed by atoms with Gasteiger partial charge in [0.25, 0.3) is 0 Å². The molecule has 2 N–H and O–H groups in total. The summed E-state index contributed by atoms with van der Waals surface area (Å²) in [5.41, 5.74) is 6.71. The minimum absolute atomic E-state index is 0.321. The van der Waals surface area contributed by atoms with Crippen molar-refractivity contribution in [3.8, 4) is 0 Å². The van der Waals surface area contributed by atoms with Crippen LogP contribution in [0.1, 0.15) is 32.1 Å². The van der Waals surface area contributed by atoms with Crippen molar-refractivity contribution in [1.82, 2.24) is 0 Å². The van der Waals surface area contributed by atoms with E-state index in [-0.39, 0.29) is 0 Å². The minimum atomic E-state index is 0.321. The van der Waals surface area contributed by atoms with Crippen molar-refractivity contribution < 1.29 is 0 Å². The van der Waals surface area contributed by atoms with Gasteiger partial charge in [0.15, 0.2) is 0 Å². The molecule has 1 nitrogen and oxygen atoms in total. The molecule has 0 bridgehead atoms. The first-order valence-electron chi connectivity index (χ1n) is 6.30. The molecular formula is C14H18BrNS.